The van der Waals surface area contributed by atoms with Crippen LogP contribution in [0.15, 0.2) is 23.2 Å². The molecule has 1 aromatic carbocycles. The highest BCUT2D eigenvalue weighted by atomic mass is 127. The molecule has 0 radical (unpaired) electrons. The van der Waals surface area contributed by atoms with Gasteiger partial charge in [-0.15, -0.1) is 24.0 Å². The first-order chi connectivity index (χ1) is 11.3. The SMILES string of the molecule is CN=C(NCCS(C)(=O)=O)NC1CCN(c2c(F)cccc2F)C1.I. The van der Waals surface area contributed by atoms with Crippen LogP contribution in [0, 0.1) is 11.6 Å². The van der Waals surface area contributed by atoms with Crippen LogP contribution >= 0.6 is 24.0 Å². The molecule has 10 heteroatoms. The Labute approximate surface area is 164 Å². The minimum Gasteiger partial charge on any atom is -0.365 e. The standard InChI is InChI=1S/C15H22F2N4O2S.HI/c1-18-15(19-7-9-24(2,22)23)20-11-6-8-21(10-11)14-12(16)4-3-5-13(14)17;/h3-5,11H,6-10H2,1-2H3,(H2,18,19,20);1H. The van der Waals surface area contributed by atoms with E-state index in [9.17, 15) is 17.2 Å². The fourth-order valence-corrected chi connectivity index (χ4v) is 3.09. The number of anilines is 1. The molecule has 142 valence electrons. The summed E-state index contributed by atoms with van der Waals surface area (Å²) in [4.78, 5) is 5.70. The van der Waals surface area contributed by atoms with Crippen LogP contribution in [0.3, 0.4) is 0 Å². The third-order valence-corrected chi connectivity index (χ3v) is 4.72. The fraction of sp³-hybridized carbons (Fsp3) is 0.533. The average Bonchev–Trinajstić information content (AvgIpc) is 2.93. The van der Waals surface area contributed by atoms with Crippen LogP contribution < -0.4 is 15.5 Å². The van der Waals surface area contributed by atoms with Crippen molar-refractivity contribution in [3.05, 3.63) is 29.8 Å². The normalized spacial score (nSPS) is 18.0. The molecule has 1 atom stereocenters. The molecule has 6 nitrogen and oxygen atoms in total. The van der Waals surface area contributed by atoms with Gasteiger partial charge >= 0.3 is 0 Å². The summed E-state index contributed by atoms with van der Waals surface area (Å²) in [6.07, 6.45) is 1.86. The number of para-hydroxylation sites is 1. The molecule has 1 heterocycles. The molecule has 0 amide bonds. The number of nitrogens with zero attached hydrogens (tertiary/aromatic N) is 2. The molecule has 0 aliphatic carbocycles. The molecule has 25 heavy (non-hydrogen) atoms. The van der Waals surface area contributed by atoms with Gasteiger partial charge in [0.25, 0.3) is 0 Å². The first-order valence-corrected chi connectivity index (χ1v) is 9.70. The Morgan fingerprint density at radius 3 is 2.56 bits per heavy atom. The fourth-order valence-electron chi connectivity index (χ4n) is 2.62. The molecule has 1 aliphatic rings. The lowest BCUT2D eigenvalue weighted by molar-refractivity contribution is 0.576. The van der Waals surface area contributed by atoms with Crippen molar-refractivity contribution >= 4 is 45.5 Å². The summed E-state index contributed by atoms with van der Waals surface area (Å²) in [6, 6.07) is 3.79. The van der Waals surface area contributed by atoms with Crippen molar-refractivity contribution in [2.45, 2.75) is 12.5 Å². The molecule has 0 saturated carbocycles. The molecule has 1 saturated heterocycles. The molecule has 1 fully saturated rings. The Kier molecular flexibility index (Phi) is 8.32. The monoisotopic (exact) mass is 488 g/mol. The van der Waals surface area contributed by atoms with Gasteiger partial charge < -0.3 is 15.5 Å². The largest absolute Gasteiger partial charge is 0.365 e. The van der Waals surface area contributed by atoms with Crippen LogP contribution in [0.1, 0.15) is 6.42 Å². The molecule has 0 bridgehead atoms. The third-order valence-electron chi connectivity index (χ3n) is 3.77. The number of rotatable bonds is 5. The summed E-state index contributed by atoms with van der Waals surface area (Å²) < 4.78 is 49.9. The maximum atomic E-state index is 13.8. The van der Waals surface area contributed by atoms with Gasteiger partial charge in [-0.3, -0.25) is 4.99 Å². The molecular formula is C15H23F2IN4O2S. The summed E-state index contributed by atoms with van der Waals surface area (Å²) in [5, 5.41) is 6.07. The molecule has 1 aromatic rings. The van der Waals surface area contributed by atoms with Gasteiger partial charge in [-0.05, 0) is 18.6 Å². The summed E-state index contributed by atoms with van der Waals surface area (Å²) >= 11 is 0. The molecule has 0 spiro atoms. The zero-order valence-corrected chi connectivity index (χ0v) is 17.3. The van der Waals surface area contributed by atoms with Gasteiger partial charge in [0.05, 0.1) is 5.75 Å². The predicted octanol–water partition coefficient (Wildman–Crippen LogP) is 1.37. The maximum Gasteiger partial charge on any atom is 0.191 e. The van der Waals surface area contributed by atoms with Crippen LogP contribution in [-0.2, 0) is 9.84 Å². The van der Waals surface area contributed by atoms with Crippen LogP contribution in [0.5, 0.6) is 0 Å². The van der Waals surface area contributed by atoms with Gasteiger partial charge in [-0.1, -0.05) is 6.07 Å². The first kappa shape index (κ1) is 21.9. The van der Waals surface area contributed by atoms with E-state index in [-0.39, 0.29) is 48.0 Å². The van der Waals surface area contributed by atoms with Crippen molar-refractivity contribution in [1.29, 1.82) is 0 Å². The topological polar surface area (TPSA) is 73.8 Å². The summed E-state index contributed by atoms with van der Waals surface area (Å²) in [7, 11) is -1.46. The van der Waals surface area contributed by atoms with Crippen molar-refractivity contribution in [3.63, 3.8) is 0 Å². The zero-order valence-electron chi connectivity index (χ0n) is 14.1. The van der Waals surface area contributed by atoms with E-state index in [1.165, 1.54) is 24.5 Å². The van der Waals surface area contributed by atoms with E-state index in [1.54, 1.807) is 11.9 Å². The maximum absolute atomic E-state index is 13.8. The van der Waals surface area contributed by atoms with Crippen molar-refractivity contribution in [3.8, 4) is 0 Å². The summed E-state index contributed by atoms with van der Waals surface area (Å²) in [5.74, 6) is -0.678. The van der Waals surface area contributed by atoms with E-state index in [0.29, 0.717) is 25.5 Å². The molecule has 2 rings (SSSR count). The van der Waals surface area contributed by atoms with Gasteiger partial charge in [0.1, 0.15) is 27.2 Å². The number of nitrogens with one attached hydrogen (secondary N) is 2. The quantitative estimate of drug-likeness (QED) is 0.372. The molecule has 1 unspecified atom stereocenters. The van der Waals surface area contributed by atoms with E-state index in [4.69, 9.17) is 0 Å². The van der Waals surface area contributed by atoms with Crippen LogP contribution in [0.25, 0.3) is 0 Å². The summed E-state index contributed by atoms with van der Waals surface area (Å²) in [5.41, 5.74) is -0.0122. The second kappa shape index (κ2) is 9.51. The smallest absolute Gasteiger partial charge is 0.191 e. The minimum atomic E-state index is -3.05. The van der Waals surface area contributed by atoms with Gasteiger partial charge in [0.15, 0.2) is 5.96 Å². The number of hydrogen-bond donors (Lipinski definition) is 2. The van der Waals surface area contributed by atoms with Gasteiger partial charge in [0, 0.05) is 39.0 Å². The zero-order chi connectivity index (χ0) is 17.7. The third kappa shape index (κ3) is 6.57. The highest BCUT2D eigenvalue weighted by Gasteiger charge is 2.27. The Bertz CT molecular complexity index is 695. The Hall–Kier alpha value is -1.17. The van der Waals surface area contributed by atoms with E-state index >= 15 is 0 Å². The highest BCUT2D eigenvalue weighted by Crippen LogP contribution is 2.26. The van der Waals surface area contributed by atoms with Crippen molar-refractivity contribution in [2.75, 3.05) is 43.6 Å². The molecule has 0 aromatic heterocycles. The number of halogens is 3. The van der Waals surface area contributed by atoms with E-state index in [0.717, 1.165) is 0 Å². The first-order valence-electron chi connectivity index (χ1n) is 7.64. The van der Waals surface area contributed by atoms with Gasteiger partial charge in [-0.2, -0.15) is 0 Å². The van der Waals surface area contributed by atoms with E-state index in [1.807, 2.05) is 0 Å². The molecule has 1 aliphatic heterocycles. The van der Waals surface area contributed by atoms with Gasteiger partial charge in [-0.25, -0.2) is 17.2 Å². The second-order valence-electron chi connectivity index (χ2n) is 5.78. The lowest BCUT2D eigenvalue weighted by Crippen LogP contribution is -2.45. The van der Waals surface area contributed by atoms with E-state index in [2.05, 4.69) is 15.6 Å². The Morgan fingerprint density at radius 1 is 1.36 bits per heavy atom. The average molecular weight is 488 g/mol. The van der Waals surface area contributed by atoms with Crippen LogP contribution in [0.2, 0.25) is 0 Å². The van der Waals surface area contributed by atoms with Crippen LogP contribution in [-0.4, -0.2) is 59.1 Å². The van der Waals surface area contributed by atoms with Gasteiger partial charge in [0.2, 0.25) is 0 Å². The lowest BCUT2D eigenvalue weighted by atomic mass is 10.2. The Morgan fingerprint density at radius 2 is 2.00 bits per heavy atom. The van der Waals surface area contributed by atoms with Crippen molar-refractivity contribution in [2.24, 2.45) is 4.99 Å². The van der Waals surface area contributed by atoms with Crippen molar-refractivity contribution < 1.29 is 17.2 Å². The highest BCUT2D eigenvalue weighted by molar-refractivity contribution is 14.0. The van der Waals surface area contributed by atoms with Crippen LogP contribution in [0.4, 0.5) is 14.5 Å². The predicted molar refractivity (Wildman–Crippen MR) is 107 cm³/mol. The number of hydrogen-bond acceptors (Lipinski definition) is 4. The van der Waals surface area contributed by atoms with E-state index < -0.39 is 21.5 Å². The lowest BCUT2D eigenvalue weighted by Gasteiger charge is -2.21. The number of guanidine groups is 1. The number of benzene rings is 1. The number of aliphatic imine (C=N–C) groups is 1. The minimum absolute atomic E-state index is 0. The van der Waals surface area contributed by atoms with Crippen molar-refractivity contribution in [1.82, 2.24) is 10.6 Å². The number of sulfone groups is 1. The Balaban J connectivity index is 0.00000312. The molecular weight excluding hydrogens is 465 g/mol. The summed E-state index contributed by atoms with van der Waals surface area (Å²) in [6.45, 7) is 1.21. The second-order valence-corrected chi connectivity index (χ2v) is 8.03. The molecule has 2 N–H and O–H groups in total.